The molecule has 40 heavy (non-hydrogen) atoms. The Bertz CT molecular complexity index is 1450. The van der Waals surface area contributed by atoms with Gasteiger partial charge >= 0.3 is 0 Å². The van der Waals surface area contributed by atoms with E-state index in [0.29, 0.717) is 31.2 Å². The molecule has 0 spiro atoms. The summed E-state index contributed by atoms with van der Waals surface area (Å²) in [5, 5.41) is 0.451. The molecule has 1 aliphatic rings. The van der Waals surface area contributed by atoms with Crippen LogP contribution in [0.3, 0.4) is 0 Å². The highest BCUT2D eigenvalue weighted by Crippen LogP contribution is 2.29. The minimum Gasteiger partial charge on any atom is -0.339 e. The number of hydrogen-bond acceptors (Lipinski definition) is 4. The molecule has 0 atom stereocenters. The van der Waals surface area contributed by atoms with Crippen molar-refractivity contribution in [1.29, 1.82) is 0 Å². The molecule has 0 bridgehead atoms. The maximum Gasteiger partial charge on any atom is 0.243 e. The van der Waals surface area contributed by atoms with Crippen molar-refractivity contribution in [1.82, 2.24) is 14.1 Å². The first-order valence-electron chi connectivity index (χ1n) is 13.3. The summed E-state index contributed by atoms with van der Waals surface area (Å²) in [4.78, 5) is 17.8. The molecule has 1 amide bonds. The summed E-state index contributed by atoms with van der Waals surface area (Å²) in [6.45, 7) is 2.28. The van der Waals surface area contributed by atoms with Crippen molar-refractivity contribution in [3.8, 4) is 0 Å². The van der Waals surface area contributed by atoms with Crippen LogP contribution in [0.1, 0.15) is 22.7 Å². The number of nitrogens with zero attached hydrogens (tertiary/aromatic N) is 3. The summed E-state index contributed by atoms with van der Waals surface area (Å²) < 4.78 is 28.5. The fraction of sp³-hybridized carbons (Fsp3) is 0.219. The number of amides is 1. The lowest BCUT2D eigenvalue weighted by Gasteiger charge is -2.40. The van der Waals surface area contributed by atoms with Crippen LogP contribution >= 0.6 is 11.6 Å². The standard InChI is InChI=1S/C32H32ClN3O3S/c33-29-16-18-30(19-17-29)40(38,39)36(24-26-10-4-1-5-11-26)25-31(37)34-20-22-35(23-21-34)32(27-12-6-2-7-13-27)28-14-8-3-9-15-28/h1-19,32H,20-25H2. The summed E-state index contributed by atoms with van der Waals surface area (Å²) >= 11 is 6.00. The number of carbonyl (C=O) groups excluding carboxylic acids is 1. The van der Waals surface area contributed by atoms with Crippen molar-refractivity contribution in [3.63, 3.8) is 0 Å². The summed E-state index contributed by atoms with van der Waals surface area (Å²) in [5.74, 6) is -0.205. The molecule has 8 heteroatoms. The van der Waals surface area contributed by atoms with Gasteiger partial charge in [-0.3, -0.25) is 9.69 Å². The number of piperazine rings is 1. The Morgan fingerprint density at radius 1 is 0.725 bits per heavy atom. The second-order valence-electron chi connectivity index (χ2n) is 9.85. The second-order valence-corrected chi connectivity index (χ2v) is 12.2. The lowest BCUT2D eigenvalue weighted by Crippen LogP contribution is -2.52. The van der Waals surface area contributed by atoms with Crippen LogP contribution < -0.4 is 0 Å². The van der Waals surface area contributed by atoms with Crippen molar-refractivity contribution in [2.45, 2.75) is 17.5 Å². The van der Waals surface area contributed by atoms with Crippen LogP contribution in [0.25, 0.3) is 0 Å². The van der Waals surface area contributed by atoms with Crippen LogP contribution in [0, 0.1) is 0 Å². The number of carbonyl (C=O) groups is 1. The number of sulfonamides is 1. The molecule has 4 aromatic rings. The van der Waals surface area contributed by atoms with Crippen molar-refractivity contribution in [2.24, 2.45) is 0 Å². The molecule has 0 unspecified atom stereocenters. The van der Waals surface area contributed by atoms with Crippen LogP contribution in [-0.4, -0.2) is 61.2 Å². The number of rotatable bonds is 9. The third-order valence-corrected chi connectivity index (χ3v) is 9.29. The molecule has 0 aliphatic carbocycles. The Morgan fingerprint density at radius 2 is 1.23 bits per heavy atom. The maximum atomic E-state index is 13.6. The van der Waals surface area contributed by atoms with Crippen molar-refractivity contribution >= 4 is 27.5 Å². The number of halogens is 1. The Balaban J connectivity index is 1.32. The molecule has 1 fully saturated rings. The van der Waals surface area contributed by atoms with Gasteiger partial charge in [-0.2, -0.15) is 4.31 Å². The van der Waals surface area contributed by atoms with Gasteiger partial charge in [0.1, 0.15) is 0 Å². The SMILES string of the molecule is O=C(CN(Cc1ccccc1)S(=O)(=O)c1ccc(Cl)cc1)N1CCN(C(c2ccccc2)c2ccccc2)CC1. The van der Waals surface area contributed by atoms with E-state index < -0.39 is 10.0 Å². The summed E-state index contributed by atoms with van der Waals surface area (Å²) in [5.41, 5.74) is 3.22. The van der Waals surface area contributed by atoms with E-state index in [9.17, 15) is 13.2 Å². The topological polar surface area (TPSA) is 60.9 Å². The molecule has 206 valence electrons. The van der Waals surface area contributed by atoms with E-state index in [1.54, 1.807) is 17.0 Å². The van der Waals surface area contributed by atoms with Crippen LogP contribution in [0.4, 0.5) is 0 Å². The monoisotopic (exact) mass is 573 g/mol. The lowest BCUT2D eigenvalue weighted by atomic mass is 9.96. The third kappa shape index (κ3) is 6.62. The van der Waals surface area contributed by atoms with Crippen LogP contribution in [0.2, 0.25) is 5.02 Å². The first-order valence-corrected chi connectivity index (χ1v) is 15.1. The smallest absolute Gasteiger partial charge is 0.243 e. The van der Waals surface area contributed by atoms with Gasteiger partial charge in [-0.1, -0.05) is 103 Å². The molecule has 1 aliphatic heterocycles. The minimum atomic E-state index is -3.93. The minimum absolute atomic E-state index is 0.0829. The zero-order chi connectivity index (χ0) is 28.0. The molecule has 6 nitrogen and oxygen atoms in total. The zero-order valence-electron chi connectivity index (χ0n) is 22.1. The third-order valence-electron chi connectivity index (χ3n) is 7.23. The average molecular weight is 574 g/mol. The molecular weight excluding hydrogens is 542 g/mol. The van der Waals surface area contributed by atoms with Gasteiger partial charge in [0.2, 0.25) is 15.9 Å². The lowest BCUT2D eigenvalue weighted by molar-refractivity contribution is -0.133. The fourth-order valence-corrected chi connectivity index (χ4v) is 6.64. The highest BCUT2D eigenvalue weighted by molar-refractivity contribution is 7.89. The average Bonchev–Trinajstić information content (AvgIpc) is 2.99. The summed E-state index contributed by atoms with van der Waals surface area (Å²) in [6, 6.07) is 36.2. The van der Waals surface area contributed by atoms with Gasteiger partial charge in [-0.15, -0.1) is 0 Å². The van der Waals surface area contributed by atoms with Crippen LogP contribution in [-0.2, 0) is 21.4 Å². The highest BCUT2D eigenvalue weighted by Gasteiger charge is 2.32. The number of benzene rings is 4. The number of hydrogen-bond donors (Lipinski definition) is 0. The predicted molar refractivity (Wildman–Crippen MR) is 158 cm³/mol. The molecule has 0 N–H and O–H groups in total. The van der Waals surface area contributed by atoms with Gasteiger partial charge in [0.25, 0.3) is 0 Å². The molecule has 0 radical (unpaired) electrons. The van der Waals surface area contributed by atoms with E-state index in [2.05, 4.69) is 29.2 Å². The normalized spacial score (nSPS) is 14.5. The fourth-order valence-electron chi connectivity index (χ4n) is 5.13. The van der Waals surface area contributed by atoms with Crippen LogP contribution in [0.5, 0.6) is 0 Å². The second kappa shape index (κ2) is 12.8. The van der Waals surface area contributed by atoms with E-state index in [1.807, 2.05) is 66.7 Å². The van der Waals surface area contributed by atoms with E-state index in [0.717, 1.165) is 5.56 Å². The summed E-state index contributed by atoms with van der Waals surface area (Å²) in [6.07, 6.45) is 0. The van der Waals surface area contributed by atoms with Crippen molar-refractivity contribution < 1.29 is 13.2 Å². The Hall–Kier alpha value is -3.49. The Labute approximate surface area is 241 Å². The quantitative estimate of drug-likeness (QED) is 0.267. The van der Waals surface area contributed by atoms with Gasteiger partial charge in [0.15, 0.2) is 0 Å². The van der Waals surface area contributed by atoms with Gasteiger partial charge < -0.3 is 4.90 Å². The van der Waals surface area contributed by atoms with Gasteiger partial charge in [-0.05, 0) is 41.0 Å². The van der Waals surface area contributed by atoms with E-state index in [-0.39, 0.29) is 29.9 Å². The molecule has 4 aromatic carbocycles. The molecule has 1 heterocycles. The maximum absolute atomic E-state index is 13.6. The molecular formula is C32H32ClN3O3S. The van der Waals surface area contributed by atoms with E-state index >= 15 is 0 Å². The zero-order valence-corrected chi connectivity index (χ0v) is 23.7. The molecule has 5 rings (SSSR count). The largest absolute Gasteiger partial charge is 0.339 e. The van der Waals surface area contributed by atoms with E-state index in [1.165, 1.54) is 27.6 Å². The first kappa shape index (κ1) is 28.1. The first-order chi connectivity index (χ1) is 19.4. The van der Waals surface area contributed by atoms with Gasteiger partial charge in [-0.25, -0.2) is 8.42 Å². The molecule has 1 saturated heterocycles. The summed E-state index contributed by atoms with van der Waals surface area (Å²) in [7, 11) is -3.93. The Kier molecular flexibility index (Phi) is 8.97. The molecule has 0 saturated carbocycles. The molecule has 0 aromatic heterocycles. The van der Waals surface area contributed by atoms with E-state index in [4.69, 9.17) is 11.6 Å². The predicted octanol–water partition coefficient (Wildman–Crippen LogP) is 5.46. The van der Waals surface area contributed by atoms with Gasteiger partial charge in [0, 0.05) is 37.7 Å². The van der Waals surface area contributed by atoms with Gasteiger partial charge in [0.05, 0.1) is 17.5 Å². The van der Waals surface area contributed by atoms with Crippen molar-refractivity contribution in [2.75, 3.05) is 32.7 Å². The van der Waals surface area contributed by atoms with Crippen molar-refractivity contribution in [3.05, 3.63) is 137 Å². The van der Waals surface area contributed by atoms with Crippen LogP contribution in [0.15, 0.2) is 120 Å². The highest BCUT2D eigenvalue weighted by atomic mass is 35.5. The Morgan fingerprint density at radius 3 is 1.75 bits per heavy atom.